The number of fused-ring (bicyclic) bond motifs is 1. The summed E-state index contributed by atoms with van der Waals surface area (Å²) < 4.78 is 5.38. The number of esters is 1. The number of amides is 2. The third-order valence-corrected chi connectivity index (χ3v) is 9.20. The third kappa shape index (κ3) is 7.86. The standard InChI is InChI=1S/C31H32N2O6S2/c1-3-24(40-22-12-8-11-21(18-22)32-26(34)15-16-27(35)36)29(37)33-30-28(31(38)39-4-2)23-14-13-20(17-25(23)41-30)19-9-6-5-7-10-19/h5-12,15-16,18,20,24H,3-4,13-14,17H2,1-2H3,(H,32,34)(H,33,37)(H,35,36)/b16-15+. The van der Waals surface area contributed by atoms with Gasteiger partial charge < -0.3 is 20.5 Å². The second kappa shape index (κ2) is 14.1. The number of thioether (sulfide) groups is 1. The molecule has 3 N–H and O–H groups in total. The molecule has 0 radical (unpaired) electrons. The molecule has 0 saturated carbocycles. The van der Waals surface area contributed by atoms with Gasteiger partial charge in [-0.05, 0) is 67.9 Å². The first-order valence-electron chi connectivity index (χ1n) is 13.4. The first-order valence-corrected chi connectivity index (χ1v) is 15.1. The Balaban J connectivity index is 1.51. The Morgan fingerprint density at radius 3 is 2.56 bits per heavy atom. The molecule has 0 fully saturated rings. The van der Waals surface area contributed by atoms with Gasteiger partial charge in [0.15, 0.2) is 0 Å². The van der Waals surface area contributed by atoms with E-state index in [0.29, 0.717) is 28.6 Å². The SMILES string of the molecule is CCOC(=O)c1c(NC(=O)C(CC)Sc2cccc(NC(=O)/C=C/C(=O)O)c2)sc2c1CCC(c1ccccc1)C2. The predicted octanol–water partition coefficient (Wildman–Crippen LogP) is 6.29. The number of benzene rings is 2. The monoisotopic (exact) mass is 592 g/mol. The average Bonchev–Trinajstić information content (AvgIpc) is 3.32. The summed E-state index contributed by atoms with van der Waals surface area (Å²) >= 11 is 2.80. The zero-order valence-electron chi connectivity index (χ0n) is 22.8. The zero-order valence-corrected chi connectivity index (χ0v) is 24.5. The Bertz CT molecular complexity index is 1450. The number of anilines is 2. The minimum atomic E-state index is -1.21. The highest BCUT2D eigenvalue weighted by Crippen LogP contribution is 2.43. The van der Waals surface area contributed by atoms with Gasteiger partial charge in [0.05, 0.1) is 17.4 Å². The number of carbonyl (C=O) groups is 4. The molecule has 1 heterocycles. The van der Waals surface area contributed by atoms with Gasteiger partial charge in [-0.3, -0.25) is 9.59 Å². The number of hydrogen-bond acceptors (Lipinski definition) is 7. The molecule has 2 aromatic carbocycles. The van der Waals surface area contributed by atoms with Crippen LogP contribution in [-0.2, 0) is 32.0 Å². The number of hydrogen-bond donors (Lipinski definition) is 3. The van der Waals surface area contributed by atoms with Gasteiger partial charge in [0.25, 0.3) is 0 Å². The van der Waals surface area contributed by atoms with Crippen LogP contribution in [0.2, 0.25) is 0 Å². The van der Waals surface area contributed by atoms with E-state index >= 15 is 0 Å². The van der Waals surface area contributed by atoms with Gasteiger partial charge in [0.1, 0.15) is 5.00 Å². The fraction of sp³-hybridized carbons (Fsp3) is 0.290. The second-order valence-electron chi connectivity index (χ2n) is 9.47. The second-order valence-corrected chi connectivity index (χ2v) is 11.9. The number of aliphatic carboxylic acids is 1. The Morgan fingerprint density at radius 2 is 1.85 bits per heavy atom. The van der Waals surface area contributed by atoms with Crippen LogP contribution in [0.1, 0.15) is 59.0 Å². The molecule has 1 aliphatic rings. The van der Waals surface area contributed by atoms with Crippen molar-refractivity contribution in [3.05, 3.63) is 88.3 Å². The van der Waals surface area contributed by atoms with E-state index in [-0.39, 0.29) is 12.5 Å². The van der Waals surface area contributed by atoms with Crippen LogP contribution >= 0.6 is 23.1 Å². The van der Waals surface area contributed by atoms with Crippen molar-refractivity contribution >= 4 is 57.5 Å². The van der Waals surface area contributed by atoms with Crippen molar-refractivity contribution in [1.29, 1.82) is 0 Å². The fourth-order valence-corrected chi connectivity index (χ4v) is 7.09. The summed E-state index contributed by atoms with van der Waals surface area (Å²) in [5.41, 5.74) is 3.19. The number of ether oxygens (including phenoxy) is 1. The zero-order chi connectivity index (χ0) is 29.4. The maximum atomic E-state index is 13.5. The maximum Gasteiger partial charge on any atom is 0.341 e. The van der Waals surface area contributed by atoms with Crippen LogP contribution in [0.4, 0.5) is 10.7 Å². The highest BCUT2D eigenvalue weighted by Gasteiger charge is 2.31. The molecule has 2 atom stereocenters. The highest BCUT2D eigenvalue weighted by molar-refractivity contribution is 8.00. The fourth-order valence-electron chi connectivity index (χ4n) is 4.76. The molecule has 0 saturated heterocycles. The molecular formula is C31H32N2O6S2. The van der Waals surface area contributed by atoms with Crippen molar-refractivity contribution in [2.75, 3.05) is 17.2 Å². The van der Waals surface area contributed by atoms with Crippen LogP contribution in [0, 0.1) is 0 Å². The summed E-state index contributed by atoms with van der Waals surface area (Å²) in [6.45, 7) is 3.93. The largest absolute Gasteiger partial charge is 0.478 e. The summed E-state index contributed by atoms with van der Waals surface area (Å²) in [5, 5.41) is 14.4. The molecule has 0 bridgehead atoms. The number of thiophene rings is 1. The summed E-state index contributed by atoms with van der Waals surface area (Å²) in [6.07, 6.45) is 4.69. The summed E-state index contributed by atoms with van der Waals surface area (Å²) in [4.78, 5) is 51.0. The van der Waals surface area contributed by atoms with Crippen LogP contribution in [-0.4, -0.2) is 40.7 Å². The topological polar surface area (TPSA) is 122 Å². The van der Waals surface area contributed by atoms with Crippen LogP contribution < -0.4 is 10.6 Å². The lowest BCUT2D eigenvalue weighted by atomic mass is 9.83. The van der Waals surface area contributed by atoms with Gasteiger partial charge in [-0.1, -0.05) is 43.3 Å². The molecule has 2 amide bonds. The number of carboxylic acids is 1. The predicted molar refractivity (Wildman–Crippen MR) is 162 cm³/mol. The molecule has 41 heavy (non-hydrogen) atoms. The van der Waals surface area contributed by atoms with Crippen LogP contribution in [0.3, 0.4) is 0 Å². The molecule has 8 nitrogen and oxygen atoms in total. The normalized spacial score (nSPS) is 15.1. The van der Waals surface area contributed by atoms with Crippen molar-refractivity contribution < 1.29 is 29.0 Å². The van der Waals surface area contributed by atoms with Gasteiger partial charge in [0.2, 0.25) is 11.8 Å². The van der Waals surface area contributed by atoms with Crippen LogP contribution in [0.5, 0.6) is 0 Å². The minimum absolute atomic E-state index is 0.222. The lowest BCUT2D eigenvalue weighted by Gasteiger charge is -2.23. The number of nitrogens with one attached hydrogen (secondary N) is 2. The summed E-state index contributed by atoms with van der Waals surface area (Å²) in [7, 11) is 0. The summed E-state index contributed by atoms with van der Waals surface area (Å²) in [5.74, 6) is -2.07. The number of rotatable bonds is 11. The van der Waals surface area contributed by atoms with Gasteiger partial charge >= 0.3 is 11.9 Å². The van der Waals surface area contributed by atoms with E-state index in [1.807, 2.05) is 31.2 Å². The Morgan fingerprint density at radius 1 is 1.07 bits per heavy atom. The first-order chi connectivity index (χ1) is 19.8. The third-order valence-electron chi connectivity index (χ3n) is 6.67. The molecule has 3 aromatic rings. The molecule has 0 aliphatic heterocycles. The molecular weight excluding hydrogens is 560 g/mol. The van der Waals surface area contributed by atoms with E-state index in [2.05, 4.69) is 22.8 Å². The molecule has 0 spiro atoms. The van der Waals surface area contributed by atoms with Gasteiger partial charge in [-0.25, -0.2) is 9.59 Å². The lowest BCUT2D eigenvalue weighted by molar-refractivity contribution is -0.131. The first kappa shape index (κ1) is 30.1. The van der Waals surface area contributed by atoms with E-state index in [4.69, 9.17) is 9.84 Å². The summed E-state index contributed by atoms with van der Waals surface area (Å²) in [6, 6.07) is 17.3. The molecule has 2 unspecified atom stereocenters. The van der Waals surface area contributed by atoms with Gasteiger partial charge in [0, 0.05) is 27.6 Å². The Kier molecular flexibility index (Phi) is 10.4. The van der Waals surface area contributed by atoms with Crippen molar-refractivity contribution in [1.82, 2.24) is 0 Å². The van der Waals surface area contributed by atoms with Gasteiger partial charge in [-0.15, -0.1) is 23.1 Å². The molecule has 1 aromatic heterocycles. The Hall–Kier alpha value is -3.89. The van der Waals surface area contributed by atoms with E-state index in [9.17, 15) is 19.2 Å². The van der Waals surface area contributed by atoms with Crippen molar-refractivity contribution in [3.8, 4) is 0 Å². The molecule has 4 rings (SSSR count). The van der Waals surface area contributed by atoms with Crippen molar-refractivity contribution in [2.45, 2.75) is 55.6 Å². The van der Waals surface area contributed by atoms with Crippen molar-refractivity contribution in [2.24, 2.45) is 0 Å². The van der Waals surface area contributed by atoms with Gasteiger partial charge in [-0.2, -0.15) is 0 Å². The van der Waals surface area contributed by atoms with E-state index in [1.165, 1.54) is 28.7 Å². The number of carbonyl (C=O) groups excluding carboxylic acids is 3. The highest BCUT2D eigenvalue weighted by atomic mass is 32.2. The average molecular weight is 593 g/mol. The number of carboxylic acid groups (broad SMARTS) is 1. The van der Waals surface area contributed by atoms with Crippen molar-refractivity contribution in [3.63, 3.8) is 0 Å². The van der Waals surface area contributed by atoms with Crippen LogP contribution in [0.15, 0.2) is 71.6 Å². The van der Waals surface area contributed by atoms with E-state index in [1.54, 1.807) is 25.1 Å². The van der Waals surface area contributed by atoms with E-state index < -0.39 is 23.1 Å². The van der Waals surface area contributed by atoms with Crippen LogP contribution in [0.25, 0.3) is 0 Å². The lowest BCUT2D eigenvalue weighted by Crippen LogP contribution is -2.25. The smallest absolute Gasteiger partial charge is 0.341 e. The molecule has 10 heteroatoms. The van der Waals surface area contributed by atoms with E-state index in [0.717, 1.165) is 46.8 Å². The maximum absolute atomic E-state index is 13.5. The molecule has 1 aliphatic carbocycles. The minimum Gasteiger partial charge on any atom is -0.478 e. The Labute approximate surface area is 247 Å². The molecule has 214 valence electrons. The quantitative estimate of drug-likeness (QED) is 0.136.